The van der Waals surface area contributed by atoms with Gasteiger partial charge in [-0.25, -0.2) is 0 Å². The molecule has 0 bridgehead atoms. The van der Waals surface area contributed by atoms with Crippen molar-refractivity contribution >= 4 is 39.6 Å². The molecule has 4 rings (SSSR count). The van der Waals surface area contributed by atoms with E-state index in [1.807, 2.05) is 12.1 Å². The molecular formula is C22H23IN4O4. The summed E-state index contributed by atoms with van der Waals surface area (Å²) in [6, 6.07) is 6.83. The van der Waals surface area contributed by atoms with E-state index in [0.717, 1.165) is 23.2 Å². The molecule has 162 valence electrons. The molecule has 3 aromatic rings. The summed E-state index contributed by atoms with van der Waals surface area (Å²) >= 11 is 2.15. The topological polar surface area (TPSA) is 111 Å². The van der Waals surface area contributed by atoms with Crippen LogP contribution in [-0.4, -0.2) is 52.4 Å². The molecule has 8 nitrogen and oxygen atoms in total. The third kappa shape index (κ3) is 5.16. The SMILES string of the molecule is O=c1cc(CN=Cc2c(O)[nH]c(=O)c3ccc(I)cc23)[nH]cc1OCCN1CCCC1. The maximum atomic E-state index is 12.3. The average Bonchev–Trinajstić information content (AvgIpc) is 3.25. The van der Waals surface area contributed by atoms with E-state index in [0.29, 0.717) is 34.4 Å². The van der Waals surface area contributed by atoms with E-state index in [4.69, 9.17) is 4.74 Å². The molecule has 0 aliphatic carbocycles. The molecule has 0 spiro atoms. The number of hydrogen-bond acceptors (Lipinski definition) is 6. The summed E-state index contributed by atoms with van der Waals surface area (Å²) in [4.78, 5) is 36.5. The van der Waals surface area contributed by atoms with E-state index in [-0.39, 0.29) is 23.4 Å². The van der Waals surface area contributed by atoms with Crippen LogP contribution in [0.1, 0.15) is 24.1 Å². The second-order valence-corrected chi connectivity index (χ2v) is 8.71. The van der Waals surface area contributed by atoms with Gasteiger partial charge in [0.2, 0.25) is 11.3 Å². The van der Waals surface area contributed by atoms with Gasteiger partial charge in [-0.3, -0.25) is 24.5 Å². The Morgan fingerprint density at radius 1 is 1.19 bits per heavy atom. The third-order valence-corrected chi connectivity index (χ3v) is 5.96. The number of nitrogens with zero attached hydrogens (tertiary/aromatic N) is 2. The van der Waals surface area contributed by atoms with Crippen molar-refractivity contribution in [3.63, 3.8) is 0 Å². The molecule has 0 amide bonds. The molecule has 1 aliphatic rings. The van der Waals surface area contributed by atoms with E-state index < -0.39 is 0 Å². The van der Waals surface area contributed by atoms with Crippen molar-refractivity contribution < 1.29 is 9.84 Å². The lowest BCUT2D eigenvalue weighted by Crippen LogP contribution is -2.26. The number of aromatic hydroxyl groups is 1. The minimum Gasteiger partial charge on any atom is -0.494 e. The fourth-order valence-electron chi connectivity index (χ4n) is 3.67. The first-order valence-electron chi connectivity index (χ1n) is 10.1. The fraction of sp³-hybridized carbons (Fsp3) is 0.318. The number of nitrogens with one attached hydrogen (secondary N) is 2. The fourth-order valence-corrected chi connectivity index (χ4v) is 4.16. The smallest absolute Gasteiger partial charge is 0.258 e. The normalized spacial score (nSPS) is 14.6. The number of fused-ring (bicyclic) bond motifs is 1. The van der Waals surface area contributed by atoms with E-state index >= 15 is 0 Å². The Morgan fingerprint density at radius 3 is 2.77 bits per heavy atom. The van der Waals surface area contributed by atoms with Gasteiger partial charge in [-0.1, -0.05) is 0 Å². The Hall–Kier alpha value is -2.66. The Balaban J connectivity index is 1.44. The van der Waals surface area contributed by atoms with Gasteiger partial charge >= 0.3 is 0 Å². The lowest BCUT2D eigenvalue weighted by atomic mass is 10.1. The molecule has 31 heavy (non-hydrogen) atoms. The number of rotatable bonds is 7. The van der Waals surface area contributed by atoms with E-state index in [1.165, 1.54) is 25.1 Å². The number of aromatic nitrogens is 2. The number of halogens is 1. The summed E-state index contributed by atoms with van der Waals surface area (Å²) in [5.41, 5.74) is 0.497. The van der Waals surface area contributed by atoms with Crippen LogP contribution in [0.4, 0.5) is 0 Å². The zero-order chi connectivity index (χ0) is 21.8. The molecule has 0 radical (unpaired) electrons. The third-order valence-electron chi connectivity index (χ3n) is 5.29. The van der Waals surface area contributed by atoms with Gasteiger partial charge in [-0.05, 0) is 66.7 Å². The zero-order valence-electron chi connectivity index (χ0n) is 16.9. The number of likely N-dealkylation sites (tertiary alicyclic amines) is 1. The lowest BCUT2D eigenvalue weighted by molar-refractivity contribution is 0.236. The van der Waals surface area contributed by atoms with Gasteiger partial charge < -0.3 is 14.8 Å². The van der Waals surface area contributed by atoms with E-state index in [9.17, 15) is 14.7 Å². The highest BCUT2D eigenvalue weighted by Crippen LogP contribution is 2.22. The van der Waals surface area contributed by atoms with Crippen molar-refractivity contribution in [2.75, 3.05) is 26.2 Å². The van der Waals surface area contributed by atoms with Gasteiger partial charge in [-0.2, -0.15) is 0 Å². The van der Waals surface area contributed by atoms with Gasteiger partial charge in [-0.15, -0.1) is 0 Å². The first-order chi connectivity index (χ1) is 15.0. The van der Waals surface area contributed by atoms with Crippen molar-refractivity contribution in [3.05, 3.63) is 65.9 Å². The summed E-state index contributed by atoms with van der Waals surface area (Å²) < 4.78 is 6.56. The molecule has 1 saturated heterocycles. The molecule has 1 aromatic carbocycles. The number of H-pyrrole nitrogens is 2. The lowest BCUT2D eigenvalue weighted by Gasteiger charge is -2.14. The Bertz CT molecular complexity index is 1230. The van der Waals surface area contributed by atoms with Gasteiger partial charge in [0.05, 0.1) is 12.1 Å². The van der Waals surface area contributed by atoms with Crippen LogP contribution >= 0.6 is 22.6 Å². The minimum atomic E-state index is -0.356. The molecule has 0 saturated carbocycles. The average molecular weight is 534 g/mol. The number of aromatic amines is 2. The van der Waals surface area contributed by atoms with Crippen LogP contribution in [0.5, 0.6) is 11.6 Å². The zero-order valence-corrected chi connectivity index (χ0v) is 19.0. The first kappa shape index (κ1) is 21.6. The van der Waals surface area contributed by atoms with Crippen molar-refractivity contribution in [2.24, 2.45) is 4.99 Å². The van der Waals surface area contributed by atoms with Gasteiger partial charge in [0, 0.05) is 45.1 Å². The van der Waals surface area contributed by atoms with Crippen LogP contribution in [0, 0.1) is 3.57 Å². The van der Waals surface area contributed by atoms with Crippen molar-refractivity contribution in [1.29, 1.82) is 0 Å². The Labute approximate surface area is 192 Å². The highest BCUT2D eigenvalue weighted by Gasteiger charge is 2.12. The number of benzene rings is 1. The minimum absolute atomic E-state index is 0.197. The molecule has 1 aliphatic heterocycles. The summed E-state index contributed by atoms with van der Waals surface area (Å²) in [5, 5.41) is 11.3. The molecule has 1 fully saturated rings. The maximum Gasteiger partial charge on any atom is 0.258 e. The second-order valence-electron chi connectivity index (χ2n) is 7.46. The van der Waals surface area contributed by atoms with Crippen LogP contribution in [-0.2, 0) is 6.54 Å². The molecular weight excluding hydrogens is 511 g/mol. The molecule has 3 N–H and O–H groups in total. The van der Waals surface area contributed by atoms with Gasteiger partial charge in [0.15, 0.2) is 5.75 Å². The number of pyridine rings is 2. The second kappa shape index (κ2) is 9.65. The quantitative estimate of drug-likeness (QED) is 0.319. The first-order valence-corrected chi connectivity index (χ1v) is 11.2. The highest BCUT2D eigenvalue weighted by atomic mass is 127. The van der Waals surface area contributed by atoms with Crippen LogP contribution in [0.25, 0.3) is 10.8 Å². The summed E-state index contributed by atoms with van der Waals surface area (Å²) in [6.07, 6.45) is 5.51. The summed E-state index contributed by atoms with van der Waals surface area (Å²) in [6.45, 7) is 3.71. The largest absolute Gasteiger partial charge is 0.494 e. The number of ether oxygens (including phenoxy) is 1. The predicted molar refractivity (Wildman–Crippen MR) is 128 cm³/mol. The number of aliphatic imine (C=N–C) groups is 1. The molecule has 3 heterocycles. The summed E-state index contributed by atoms with van der Waals surface area (Å²) in [5.74, 6) is 0.0595. The molecule has 0 atom stereocenters. The predicted octanol–water partition coefficient (Wildman–Crippen LogP) is 2.62. The standard InChI is InChI=1S/C22H23IN4O4/c23-14-3-4-16-17(9-14)18(22(30)26-21(16)29)12-24-11-15-10-19(28)20(13-25-15)31-8-7-27-5-1-2-6-27/h3-4,9-10,12-13H,1-2,5-8,11H2,(H,25,28)(H2,26,29,30). The van der Waals surface area contributed by atoms with Crippen LogP contribution < -0.4 is 15.7 Å². The van der Waals surface area contributed by atoms with Crippen LogP contribution in [0.2, 0.25) is 0 Å². The van der Waals surface area contributed by atoms with Crippen molar-refractivity contribution in [2.45, 2.75) is 19.4 Å². The summed E-state index contributed by atoms with van der Waals surface area (Å²) in [7, 11) is 0. The monoisotopic (exact) mass is 534 g/mol. The van der Waals surface area contributed by atoms with Gasteiger partial charge in [0.25, 0.3) is 5.56 Å². The highest BCUT2D eigenvalue weighted by molar-refractivity contribution is 14.1. The maximum absolute atomic E-state index is 12.3. The van der Waals surface area contributed by atoms with Crippen LogP contribution in [0.3, 0.4) is 0 Å². The van der Waals surface area contributed by atoms with Gasteiger partial charge in [0.1, 0.15) is 6.61 Å². The van der Waals surface area contributed by atoms with E-state index in [1.54, 1.807) is 12.3 Å². The molecule has 9 heteroatoms. The van der Waals surface area contributed by atoms with E-state index in [2.05, 4.69) is 42.5 Å². The molecule has 2 aromatic heterocycles. The Morgan fingerprint density at radius 2 is 2.00 bits per heavy atom. The van der Waals surface area contributed by atoms with Crippen molar-refractivity contribution in [3.8, 4) is 11.6 Å². The molecule has 0 unspecified atom stereocenters. The number of hydrogen-bond donors (Lipinski definition) is 3. The van der Waals surface area contributed by atoms with Crippen molar-refractivity contribution in [1.82, 2.24) is 14.9 Å². The Kier molecular flexibility index (Phi) is 6.71. The van der Waals surface area contributed by atoms with Crippen LogP contribution in [0.15, 0.2) is 45.0 Å².